The van der Waals surface area contributed by atoms with Crippen molar-refractivity contribution in [3.63, 3.8) is 0 Å². The summed E-state index contributed by atoms with van der Waals surface area (Å²) in [6.45, 7) is 5.84. The Morgan fingerprint density at radius 3 is 2.34 bits per heavy atom. The molecule has 2 aromatic carbocycles. The van der Waals surface area contributed by atoms with Gasteiger partial charge in [-0.25, -0.2) is 0 Å². The summed E-state index contributed by atoms with van der Waals surface area (Å²) in [5.41, 5.74) is -0.525. The van der Waals surface area contributed by atoms with E-state index in [-0.39, 0.29) is 30.0 Å². The van der Waals surface area contributed by atoms with E-state index in [4.69, 9.17) is 8.92 Å². The highest BCUT2D eigenvalue weighted by Gasteiger charge is 2.32. The van der Waals surface area contributed by atoms with Gasteiger partial charge in [-0.15, -0.1) is 0 Å². The quantitative estimate of drug-likeness (QED) is 0.478. The molecule has 1 amide bonds. The maximum atomic E-state index is 13.0. The lowest BCUT2D eigenvalue weighted by Crippen LogP contribution is -2.36. The average molecular weight is 474 g/mol. The van der Waals surface area contributed by atoms with Gasteiger partial charge in [0.15, 0.2) is 11.5 Å². The van der Waals surface area contributed by atoms with Crippen molar-refractivity contribution in [3.05, 3.63) is 53.6 Å². The molecule has 10 heteroatoms. The lowest BCUT2D eigenvalue weighted by molar-refractivity contribution is -0.137. The van der Waals surface area contributed by atoms with Crippen LogP contribution in [0, 0.1) is 0 Å². The number of alkyl halides is 3. The van der Waals surface area contributed by atoms with Crippen LogP contribution in [0.15, 0.2) is 47.4 Å². The van der Waals surface area contributed by atoms with Gasteiger partial charge in [0.05, 0.1) is 12.7 Å². The smallest absolute Gasteiger partial charge is 0.416 e. The second kappa shape index (κ2) is 10.2. The molecule has 0 atom stereocenters. The number of hydrogen-bond donors (Lipinski definition) is 0. The van der Waals surface area contributed by atoms with E-state index in [1.807, 2.05) is 20.8 Å². The maximum Gasteiger partial charge on any atom is 0.416 e. The van der Waals surface area contributed by atoms with Gasteiger partial charge in [0.1, 0.15) is 4.90 Å². The number of nitrogens with zero attached hydrogens (tertiary/aromatic N) is 1. The van der Waals surface area contributed by atoms with E-state index in [1.165, 1.54) is 19.2 Å². The van der Waals surface area contributed by atoms with E-state index >= 15 is 0 Å². The molecule has 0 fully saturated rings. The second-order valence-corrected chi connectivity index (χ2v) is 8.96. The predicted octanol–water partition coefficient (Wildman–Crippen LogP) is 5.02. The molecule has 0 N–H and O–H groups in total. The Hall–Kier alpha value is -2.75. The van der Waals surface area contributed by atoms with Crippen LogP contribution in [0.25, 0.3) is 0 Å². The van der Waals surface area contributed by atoms with Crippen LogP contribution in [-0.2, 0) is 27.6 Å². The largest absolute Gasteiger partial charge is 0.493 e. The molecular weight excluding hydrogens is 447 g/mol. The molecule has 0 heterocycles. The van der Waals surface area contributed by atoms with Crippen LogP contribution in [-0.4, -0.2) is 32.4 Å². The van der Waals surface area contributed by atoms with Crippen molar-refractivity contribution in [2.24, 2.45) is 0 Å². The fraction of sp³-hybridized carbons (Fsp3) is 0.409. The number of amides is 1. The monoisotopic (exact) mass is 473 g/mol. The molecule has 0 aliphatic carbocycles. The van der Waals surface area contributed by atoms with Crippen LogP contribution in [0.1, 0.15) is 44.7 Å². The van der Waals surface area contributed by atoms with Crippen molar-refractivity contribution in [1.29, 1.82) is 0 Å². The first-order valence-electron chi connectivity index (χ1n) is 9.97. The number of benzene rings is 2. The molecule has 2 rings (SSSR count). The van der Waals surface area contributed by atoms with Gasteiger partial charge in [-0.05, 0) is 56.2 Å². The molecular formula is C22H26F3NO5S. The average Bonchev–Trinajstić information content (AvgIpc) is 2.71. The van der Waals surface area contributed by atoms with E-state index in [0.29, 0.717) is 24.5 Å². The maximum absolute atomic E-state index is 13.0. The van der Waals surface area contributed by atoms with Gasteiger partial charge in [-0.2, -0.15) is 21.6 Å². The number of methoxy groups -OCH3 is 1. The first kappa shape index (κ1) is 25.5. The molecule has 0 radical (unpaired) electrons. The van der Waals surface area contributed by atoms with Crippen molar-refractivity contribution >= 4 is 16.0 Å². The third-order valence-electron chi connectivity index (χ3n) is 4.64. The zero-order valence-corrected chi connectivity index (χ0v) is 19.1. The number of rotatable bonds is 9. The fourth-order valence-electron chi connectivity index (χ4n) is 2.99. The summed E-state index contributed by atoms with van der Waals surface area (Å²) in [6, 6.07) is 7.75. The van der Waals surface area contributed by atoms with E-state index in [0.717, 1.165) is 18.2 Å². The molecule has 0 unspecified atom stereocenters. The SMILES string of the molecule is CCCC(=O)N(Cc1ccc(OC)c(OS(=O)(=O)c2cccc(C(F)(F)F)c2)c1)C(C)C. The third-order valence-corrected chi connectivity index (χ3v) is 5.87. The summed E-state index contributed by atoms with van der Waals surface area (Å²) in [7, 11) is -3.27. The van der Waals surface area contributed by atoms with Crippen molar-refractivity contribution in [2.75, 3.05) is 7.11 Å². The molecule has 0 aliphatic rings. The molecule has 0 spiro atoms. The Morgan fingerprint density at radius 1 is 1.09 bits per heavy atom. The van der Waals surface area contributed by atoms with Gasteiger partial charge in [0.2, 0.25) is 5.91 Å². The summed E-state index contributed by atoms with van der Waals surface area (Å²) in [4.78, 5) is 13.4. The van der Waals surface area contributed by atoms with E-state index < -0.39 is 26.8 Å². The van der Waals surface area contributed by atoms with E-state index in [2.05, 4.69) is 0 Å². The zero-order chi connectivity index (χ0) is 24.1. The zero-order valence-electron chi connectivity index (χ0n) is 18.3. The van der Waals surface area contributed by atoms with Gasteiger partial charge in [0, 0.05) is 19.0 Å². The standard InChI is InChI=1S/C22H26F3NO5S/c1-5-7-21(27)26(15(2)3)14-16-10-11-19(30-4)20(12-16)31-32(28,29)18-9-6-8-17(13-18)22(23,24)25/h6,8-13,15H,5,7,14H2,1-4H3. The first-order chi connectivity index (χ1) is 14.9. The van der Waals surface area contributed by atoms with Gasteiger partial charge in [-0.1, -0.05) is 19.1 Å². The Balaban J connectivity index is 2.38. The van der Waals surface area contributed by atoms with Gasteiger partial charge in [0.25, 0.3) is 0 Å². The molecule has 6 nitrogen and oxygen atoms in total. The molecule has 2 aromatic rings. The van der Waals surface area contributed by atoms with Gasteiger partial charge in [-0.3, -0.25) is 4.79 Å². The van der Waals surface area contributed by atoms with Crippen LogP contribution in [0.3, 0.4) is 0 Å². The molecule has 32 heavy (non-hydrogen) atoms. The minimum atomic E-state index is -4.70. The van der Waals surface area contributed by atoms with E-state index in [1.54, 1.807) is 11.0 Å². The van der Waals surface area contributed by atoms with Crippen molar-refractivity contribution in [1.82, 2.24) is 4.90 Å². The molecule has 0 aromatic heterocycles. The normalized spacial score (nSPS) is 12.0. The predicted molar refractivity (Wildman–Crippen MR) is 113 cm³/mol. The van der Waals surface area contributed by atoms with Crippen molar-refractivity contribution < 1.29 is 35.3 Å². The fourth-order valence-corrected chi connectivity index (χ4v) is 3.97. The topological polar surface area (TPSA) is 72.9 Å². The summed E-state index contributed by atoms with van der Waals surface area (Å²) in [5, 5.41) is 0. The number of carbonyl (C=O) groups excluding carboxylic acids is 1. The summed E-state index contributed by atoms with van der Waals surface area (Å²) < 4.78 is 74.6. The summed E-state index contributed by atoms with van der Waals surface area (Å²) >= 11 is 0. The van der Waals surface area contributed by atoms with Crippen LogP contribution in [0.2, 0.25) is 0 Å². The summed E-state index contributed by atoms with van der Waals surface area (Å²) in [6.07, 6.45) is -3.63. The molecule has 0 saturated carbocycles. The Bertz CT molecular complexity index is 1050. The number of hydrogen-bond acceptors (Lipinski definition) is 5. The Morgan fingerprint density at radius 2 is 1.78 bits per heavy atom. The third kappa shape index (κ3) is 6.38. The highest BCUT2D eigenvalue weighted by molar-refractivity contribution is 7.87. The van der Waals surface area contributed by atoms with Crippen LogP contribution >= 0.6 is 0 Å². The molecule has 176 valence electrons. The minimum Gasteiger partial charge on any atom is -0.493 e. The first-order valence-corrected chi connectivity index (χ1v) is 11.4. The van der Waals surface area contributed by atoms with Crippen LogP contribution < -0.4 is 8.92 Å². The van der Waals surface area contributed by atoms with Crippen molar-refractivity contribution in [2.45, 2.75) is 57.3 Å². The highest BCUT2D eigenvalue weighted by atomic mass is 32.2. The number of carbonyl (C=O) groups is 1. The molecule has 0 saturated heterocycles. The molecule has 0 bridgehead atoms. The lowest BCUT2D eigenvalue weighted by atomic mass is 10.1. The minimum absolute atomic E-state index is 0.0441. The number of ether oxygens (including phenoxy) is 1. The number of halogens is 3. The van der Waals surface area contributed by atoms with Gasteiger partial charge < -0.3 is 13.8 Å². The Labute approximate surface area is 186 Å². The highest BCUT2D eigenvalue weighted by Crippen LogP contribution is 2.34. The van der Waals surface area contributed by atoms with E-state index in [9.17, 15) is 26.4 Å². The second-order valence-electron chi connectivity index (χ2n) is 7.41. The lowest BCUT2D eigenvalue weighted by Gasteiger charge is -2.27. The Kier molecular flexibility index (Phi) is 8.17. The van der Waals surface area contributed by atoms with Crippen LogP contribution in [0.5, 0.6) is 11.5 Å². The van der Waals surface area contributed by atoms with Gasteiger partial charge >= 0.3 is 16.3 Å². The van der Waals surface area contributed by atoms with Crippen LogP contribution in [0.4, 0.5) is 13.2 Å². The summed E-state index contributed by atoms with van der Waals surface area (Å²) in [5.74, 6) is -0.147. The van der Waals surface area contributed by atoms with Crippen molar-refractivity contribution in [3.8, 4) is 11.5 Å². The molecule has 0 aliphatic heterocycles.